The first-order valence-electron chi connectivity index (χ1n) is 13.7. The molecule has 184 valence electrons. The van der Waals surface area contributed by atoms with E-state index >= 15 is 0 Å². The number of fused-ring (bicyclic) bond motifs is 4. The predicted molar refractivity (Wildman–Crippen MR) is 167 cm³/mol. The molecule has 6 aromatic carbocycles. The van der Waals surface area contributed by atoms with Crippen molar-refractivity contribution in [3.05, 3.63) is 156 Å². The normalized spacial score (nSPS) is 12.9. The summed E-state index contributed by atoms with van der Waals surface area (Å²) in [6.45, 7) is 0. The molecule has 9 rings (SSSR count). The van der Waals surface area contributed by atoms with Crippen LogP contribution < -0.4 is 0 Å². The maximum atomic E-state index is 5.07. The highest BCUT2D eigenvalue weighted by atomic mass is 14.7. The van der Waals surface area contributed by atoms with Gasteiger partial charge in [-0.3, -0.25) is 0 Å². The van der Waals surface area contributed by atoms with Gasteiger partial charge in [-0.15, -0.1) is 0 Å². The summed E-state index contributed by atoms with van der Waals surface area (Å²) in [4.78, 5) is 10.1. The molecule has 8 aromatic rings. The summed E-state index contributed by atoms with van der Waals surface area (Å²) >= 11 is 0. The van der Waals surface area contributed by atoms with E-state index in [0.717, 1.165) is 22.1 Å². The smallest absolute Gasteiger partial charge is 0.0715 e. The van der Waals surface area contributed by atoms with Gasteiger partial charge in [-0.2, -0.15) is 0 Å². The third-order valence-corrected chi connectivity index (χ3v) is 8.37. The van der Waals surface area contributed by atoms with Gasteiger partial charge in [0.2, 0.25) is 0 Å². The zero-order valence-corrected chi connectivity index (χ0v) is 21.6. The molecule has 0 saturated heterocycles. The van der Waals surface area contributed by atoms with Gasteiger partial charge in [0, 0.05) is 32.7 Å². The van der Waals surface area contributed by atoms with Crippen molar-refractivity contribution < 1.29 is 0 Å². The third-order valence-electron chi connectivity index (χ3n) is 8.37. The van der Waals surface area contributed by atoms with E-state index < -0.39 is 0 Å². The van der Waals surface area contributed by atoms with E-state index in [-0.39, 0.29) is 0 Å². The van der Waals surface area contributed by atoms with Crippen LogP contribution in [0.15, 0.2) is 133 Å². The zero-order chi connectivity index (χ0) is 26.2. The van der Waals surface area contributed by atoms with E-state index in [9.17, 15) is 0 Å². The number of benzene rings is 6. The van der Waals surface area contributed by atoms with Crippen molar-refractivity contribution in [2.75, 3.05) is 0 Å². The molecule has 0 saturated carbocycles. The Morgan fingerprint density at radius 3 is 1.05 bits per heavy atom. The van der Waals surface area contributed by atoms with E-state index in [1.54, 1.807) is 0 Å². The van der Waals surface area contributed by atoms with Crippen molar-refractivity contribution in [3.8, 4) is 0 Å². The van der Waals surface area contributed by atoms with Crippen LogP contribution in [0.4, 0.5) is 0 Å². The van der Waals surface area contributed by atoms with Gasteiger partial charge in [0.25, 0.3) is 0 Å². The van der Waals surface area contributed by atoms with Crippen molar-refractivity contribution in [2.45, 2.75) is 0 Å². The molecule has 1 aliphatic carbocycles. The lowest BCUT2D eigenvalue weighted by Crippen LogP contribution is -1.98. The highest BCUT2D eigenvalue weighted by molar-refractivity contribution is 6.29. The number of para-hydroxylation sites is 4. The third kappa shape index (κ3) is 2.88. The minimum Gasteiger partial charge on any atom is -0.248 e. The second-order valence-electron chi connectivity index (χ2n) is 10.5. The first-order chi connectivity index (χ1) is 19.9. The fraction of sp³-hybridized carbons (Fsp3) is 0. The molecule has 0 radical (unpaired) electrons. The minimum atomic E-state index is 1.01. The monoisotopic (exact) mass is 506 g/mol. The zero-order valence-electron chi connectivity index (χ0n) is 21.6. The SMILES string of the molecule is c1cc2c3c(cccc3c1)C(c1c3ccccc3nc3ccccc13)=C2c1c2ccccc2nc2ccccc12. The van der Waals surface area contributed by atoms with Crippen LogP contribution in [0.3, 0.4) is 0 Å². The fourth-order valence-electron chi connectivity index (χ4n) is 6.76. The molecule has 40 heavy (non-hydrogen) atoms. The highest BCUT2D eigenvalue weighted by Crippen LogP contribution is 2.52. The van der Waals surface area contributed by atoms with Crippen molar-refractivity contribution in [1.82, 2.24) is 9.97 Å². The second kappa shape index (κ2) is 8.08. The molecule has 2 aromatic heterocycles. The van der Waals surface area contributed by atoms with Crippen molar-refractivity contribution in [2.24, 2.45) is 0 Å². The maximum Gasteiger partial charge on any atom is 0.0715 e. The summed E-state index contributed by atoms with van der Waals surface area (Å²) in [5.41, 5.74) is 11.6. The predicted octanol–water partition coefficient (Wildman–Crippen LogP) is 9.56. The number of pyridine rings is 2. The second-order valence-corrected chi connectivity index (χ2v) is 10.5. The van der Waals surface area contributed by atoms with E-state index in [1.807, 2.05) is 0 Å². The number of aromatic nitrogens is 2. The Morgan fingerprint density at radius 2 is 0.675 bits per heavy atom. The van der Waals surface area contributed by atoms with Gasteiger partial charge < -0.3 is 0 Å². The van der Waals surface area contributed by atoms with Gasteiger partial charge in [0.05, 0.1) is 22.1 Å². The van der Waals surface area contributed by atoms with Gasteiger partial charge in [0.1, 0.15) is 0 Å². The first-order valence-corrected chi connectivity index (χ1v) is 13.7. The summed E-state index contributed by atoms with van der Waals surface area (Å²) in [6, 6.07) is 47.7. The number of hydrogen-bond acceptors (Lipinski definition) is 2. The largest absolute Gasteiger partial charge is 0.248 e. The molecular weight excluding hydrogens is 484 g/mol. The van der Waals surface area contributed by atoms with Gasteiger partial charge in [-0.1, -0.05) is 109 Å². The molecule has 0 bridgehead atoms. The Balaban J connectivity index is 1.58. The van der Waals surface area contributed by atoms with Gasteiger partial charge in [0.15, 0.2) is 0 Å². The van der Waals surface area contributed by atoms with Crippen LogP contribution >= 0.6 is 0 Å². The molecule has 1 aliphatic rings. The van der Waals surface area contributed by atoms with Crippen molar-refractivity contribution >= 4 is 65.5 Å². The van der Waals surface area contributed by atoms with E-state index in [2.05, 4.69) is 133 Å². The lowest BCUT2D eigenvalue weighted by Gasteiger charge is -2.18. The summed E-state index contributed by atoms with van der Waals surface area (Å²) < 4.78 is 0. The Morgan fingerprint density at radius 1 is 0.325 bits per heavy atom. The molecule has 2 nitrogen and oxygen atoms in total. The molecule has 0 unspecified atom stereocenters. The fourth-order valence-corrected chi connectivity index (χ4v) is 6.76. The van der Waals surface area contributed by atoms with Gasteiger partial charge in [-0.05, 0) is 57.3 Å². The van der Waals surface area contributed by atoms with Crippen molar-refractivity contribution in [1.29, 1.82) is 0 Å². The van der Waals surface area contributed by atoms with E-state index in [0.29, 0.717) is 0 Å². The van der Waals surface area contributed by atoms with Crippen LogP contribution in [-0.2, 0) is 0 Å². The molecule has 0 spiro atoms. The lowest BCUT2D eigenvalue weighted by molar-refractivity contribution is 1.48. The van der Waals surface area contributed by atoms with Crippen LogP contribution in [-0.4, -0.2) is 9.97 Å². The number of rotatable bonds is 2. The van der Waals surface area contributed by atoms with Crippen LogP contribution in [0.1, 0.15) is 22.3 Å². The molecular formula is C38H22N2. The maximum absolute atomic E-state index is 5.07. The minimum absolute atomic E-state index is 1.01. The van der Waals surface area contributed by atoms with E-state index in [1.165, 1.54) is 65.7 Å². The molecule has 2 heteroatoms. The van der Waals surface area contributed by atoms with Crippen molar-refractivity contribution in [3.63, 3.8) is 0 Å². The van der Waals surface area contributed by atoms with E-state index in [4.69, 9.17) is 9.97 Å². The lowest BCUT2D eigenvalue weighted by atomic mass is 9.86. The number of hydrogen-bond donors (Lipinski definition) is 0. The summed E-state index contributed by atoms with van der Waals surface area (Å²) in [5, 5.41) is 7.24. The Bertz CT molecular complexity index is 2110. The average molecular weight is 507 g/mol. The Labute approximate surface area is 230 Å². The quantitative estimate of drug-likeness (QED) is 0.218. The Kier molecular flexibility index (Phi) is 4.36. The van der Waals surface area contributed by atoms with Crippen LogP contribution in [0.5, 0.6) is 0 Å². The standard InChI is InChI=1S/C38H22N2/c1-5-19-30-24(13-1)35(25-14-2-6-20-31(25)39-30)37-28-17-9-11-23-12-10-18-29(34(23)28)38(37)36-26-15-3-7-21-32(26)40-33-22-8-4-16-27(33)36/h1-22H. The topological polar surface area (TPSA) is 25.8 Å². The summed E-state index contributed by atoms with van der Waals surface area (Å²) in [6.07, 6.45) is 0. The Hall–Kier alpha value is -5.34. The van der Waals surface area contributed by atoms with Crippen LogP contribution in [0, 0.1) is 0 Å². The van der Waals surface area contributed by atoms with Gasteiger partial charge in [-0.25, -0.2) is 9.97 Å². The van der Waals surface area contributed by atoms with Crippen LogP contribution in [0.2, 0.25) is 0 Å². The van der Waals surface area contributed by atoms with Gasteiger partial charge >= 0.3 is 0 Å². The molecule has 0 N–H and O–H groups in total. The first kappa shape index (κ1) is 21.6. The highest BCUT2D eigenvalue weighted by Gasteiger charge is 2.30. The molecule has 0 atom stereocenters. The molecule has 0 fully saturated rings. The average Bonchev–Trinajstić information content (AvgIpc) is 3.33. The molecule has 0 aliphatic heterocycles. The van der Waals surface area contributed by atoms with Crippen LogP contribution in [0.25, 0.3) is 65.5 Å². The number of nitrogens with zero attached hydrogens (tertiary/aromatic N) is 2. The molecule has 0 amide bonds. The summed E-state index contributed by atoms with van der Waals surface area (Å²) in [5.74, 6) is 0. The molecule has 2 heterocycles. The summed E-state index contributed by atoms with van der Waals surface area (Å²) in [7, 11) is 0.